The fourth-order valence-corrected chi connectivity index (χ4v) is 0. The molecule has 0 aliphatic rings. The first-order chi connectivity index (χ1) is 3.46. The Balaban J connectivity index is -0.0000000112. The fourth-order valence-electron chi connectivity index (χ4n) is 0. The van der Waals surface area contributed by atoms with Crippen molar-refractivity contribution in [2.24, 2.45) is 0 Å². The van der Waals surface area contributed by atoms with Crippen molar-refractivity contribution >= 4 is 35.7 Å². The summed E-state index contributed by atoms with van der Waals surface area (Å²) in [6, 6.07) is 0. The minimum absolute atomic E-state index is 0. The third-order valence-electron chi connectivity index (χ3n) is 0. The van der Waals surface area contributed by atoms with Gasteiger partial charge in [-0.15, -0.1) is 0 Å². The number of hydrogen-bond acceptors (Lipinski definition) is 6. The van der Waals surface area contributed by atoms with E-state index in [1.165, 1.54) is 0 Å². The molecule has 0 saturated carbocycles. The van der Waals surface area contributed by atoms with Crippen LogP contribution in [0.1, 0.15) is 1.43 Å². The molecule has 0 N–H and O–H groups in total. The van der Waals surface area contributed by atoms with Gasteiger partial charge in [0.05, 0.1) is 0 Å². The molecule has 0 aromatic rings. The smallest absolute Gasteiger partial charge is 1.00 e. The van der Waals surface area contributed by atoms with E-state index >= 15 is 0 Å². The molecule has 11 heteroatoms. The van der Waals surface area contributed by atoms with E-state index in [-0.39, 0.29) is 99.7 Å². The van der Waals surface area contributed by atoms with Gasteiger partial charge in [-0.1, -0.05) is 0 Å². The maximum atomic E-state index is 8.52. The quantitative estimate of drug-likeness (QED) is 0.388. The van der Waals surface area contributed by atoms with Crippen LogP contribution < -0.4 is 100 Å². The van der Waals surface area contributed by atoms with Gasteiger partial charge in [-0.2, -0.15) is 0 Å². The summed E-state index contributed by atoms with van der Waals surface area (Å²) in [7, 11) is -7.26. The van der Waals surface area contributed by atoms with Crippen LogP contribution in [0.2, 0.25) is 0 Å². The van der Waals surface area contributed by atoms with Crippen LogP contribution in [0.4, 0.5) is 0 Å². The van der Waals surface area contributed by atoms with Crippen molar-refractivity contribution in [1.29, 1.82) is 0 Å². The Morgan fingerprint density at radius 3 is 0.909 bits per heavy atom. The monoisotopic (exact) mass is 242 g/mol. The molecule has 0 rings (SSSR count). The largest absolute Gasteiger partial charge is 3.00 e. The summed E-state index contributed by atoms with van der Waals surface area (Å²) in [5.41, 5.74) is 0. The summed E-state index contributed by atoms with van der Waals surface area (Å²) < 4.78 is 17.0. The first kappa shape index (κ1) is 29.2. The normalized spacial score (nSPS) is 4.36. The van der Waals surface area contributed by atoms with E-state index in [9.17, 15) is 0 Å². The zero-order valence-electron chi connectivity index (χ0n) is 7.03. The van der Waals surface area contributed by atoms with Crippen molar-refractivity contribution in [2.45, 2.75) is 0 Å². The van der Waals surface area contributed by atoms with Crippen LogP contribution in [-0.2, 0) is 8.92 Å². The average molecular weight is 242 g/mol. The van der Waals surface area contributed by atoms with Crippen LogP contribution in [0.15, 0.2) is 0 Å². The molecule has 0 bridgehead atoms. The van der Waals surface area contributed by atoms with Crippen LogP contribution >= 0.6 is 0 Å². The minimum Gasteiger partial charge on any atom is -1.00 e. The van der Waals surface area contributed by atoms with Gasteiger partial charge in [-0.25, -0.2) is 0 Å². The standard InChI is InChI=1S/Al.K.Na.2O3Si.H/c;;;2*1-4(2)3;/q+3;2*+1;2*-2;-1. The molecule has 0 aromatic carbocycles. The molecule has 0 aromatic heterocycles. The van der Waals surface area contributed by atoms with Crippen molar-refractivity contribution in [2.75, 3.05) is 0 Å². The molecule has 0 spiro atoms. The Bertz CT molecular complexity index is 83.5. The van der Waals surface area contributed by atoms with Crippen molar-refractivity contribution in [1.82, 2.24) is 0 Å². The SMILES string of the molecule is O=[Si]([O-])[O-].O=[Si]([O-])[O-].[Al+3].[H-].[K+].[Na+]. The second kappa shape index (κ2) is 22.8. The molecule has 50 valence electrons. The van der Waals surface area contributed by atoms with Gasteiger partial charge in [0, 0.05) is 18.3 Å². The van der Waals surface area contributed by atoms with E-state index in [1.807, 2.05) is 0 Å². The van der Waals surface area contributed by atoms with Crippen LogP contribution in [0, 0.1) is 0 Å². The van der Waals surface area contributed by atoms with E-state index in [1.54, 1.807) is 0 Å². The summed E-state index contributed by atoms with van der Waals surface area (Å²) in [6.07, 6.45) is 0. The summed E-state index contributed by atoms with van der Waals surface area (Å²) in [5, 5.41) is 0. The summed E-state index contributed by atoms with van der Waals surface area (Å²) >= 11 is 0. The van der Waals surface area contributed by atoms with Crippen LogP contribution in [-0.4, -0.2) is 35.7 Å². The Morgan fingerprint density at radius 1 is 0.909 bits per heavy atom. The second-order valence-electron chi connectivity index (χ2n) is 0.500. The maximum Gasteiger partial charge on any atom is 3.00 e. The third kappa shape index (κ3) is 233. The Kier molecular flexibility index (Phi) is 60.6. The summed E-state index contributed by atoms with van der Waals surface area (Å²) in [6.45, 7) is 0. The molecule has 0 amide bonds. The molecule has 11 heavy (non-hydrogen) atoms. The van der Waals surface area contributed by atoms with Gasteiger partial charge in [0.25, 0.3) is 0 Å². The Labute approximate surface area is 143 Å². The molecule has 6 nitrogen and oxygen atoms in total. The molecule has 0 heterocycles. The van der Waals surface area contributed by atoms with Crippen molar-refractivity contribution in [3.63, 3.8) is 0 Å². The molecule has 0 aliphatic heterocycles. The second-order valence-corrected chi connectivity index (χ2v) is 1.50. The third-order valence-corrected chi connectivity index (χ3v) is 0. The predicted octanol–water partition coefficient (Wildman–Crippen LogP) is -12.0. The minimum atomic E-state index is -3.63. The van der Waals surface area contributed by atoms with Gasteiger partial charge in [0.1, 0.15) is 0 Å². The first-order valence-electron chi connectivity index (χ1n) is 1.22. The zero-order valence-corrected chi connectivity index (χ0v) is 14.3. The van der Waals surface area contributed by atoms with E-state index in [4.69, 9.17) is 28.1 Å². The molecule has 0 radical (unpaired) electrons. The molecular formula is HAlKNaO6Si2. The summed E-state index contributed by atoms with van der Waals surface area (Å²) in [4.78, 5) is 34.1. The van der Waals surface area contributed by atoms with Crippen LogP contribution in [0.25, 0.3) is 0 Å². The van der Waals surface area contributed by atoms with Gasteiger partial charge in [0.2, 0.25) is 0 Å². The number of hydrogen-bond donors (Lipinski definition) is 0. The van der Waals surface area contributed by atoms with E-state index in [2.05, 4.69) is 0 Å². The van der Waals surface area contributed by atoms with Gasteiger partial charge in [0.15, 0.2) is 0 Å². The Morgan fingerprint density at radius 2 is 0.909 bits per heavy atom. The van der Waals surface area contributed by atoms with Crippen molar-refractivity contribution < 1.29 is 110 Å². The zero-order chi connectivity index (χ0) is 7.15. The number of rotatable bonds is 0. The van der Waals surface area contributed by atoms with E-state index in [0.717, 1.165) is 0 Å². The van der Waals surface area contributed by atoms with Crippen LogP contribution in [0.3, 0.4) is 0 Å². The summed E-state index contributed by atoms with van der Waals surface area (Å²) in [5.74, 6) is 0. The average Bonchev–Trinajstić information content (AvgIpc) is 1.25. The first-order valence-corrected chi connectivity index (χ1v) is 3.67. The van der Waals surface area contributed by atoms with Gasteiger partial charge >= 0.3 is 98.3 Å². The fraction of sp³-hybridized carbons (Fsp3) is 0. The molecule has 0 saturated heterocycles. The van der Waals surface area contributed by atoms with Gasteiger partial charge < -0.3 is 29.5 Å². The van der Waals surface area contributed by atoms with Gasteiger partial charge in [-0.05, 0) is 0 Å². The molecular weight excluding hydrogens is 241 g/mol. The molecule has 0 unspecified atom stereocenters. The maximum absolute atomic E-state index is 8.52. The Hall–Kier alpha value is 2.40. The van der Waals surface area contributed by atoms with Crippen molar-refractivity contribution in [3.8, 4) is 0 Å². The molecule has 0 aliphatic carbocycles. The van der Waals surface area contributed by atoms with E-state index < -0.39 is 18.3 Å². The molecule has 0 atom stereocenters. The van der Waals surface area contributed by atoms with E-state index in [0.29, 0.717) is 0 Å². The van der Waals surface area contributed by atoms with Gasteiger partial charge in [-0.3, -0.25) is 0 Å². The van der Waals surface area contributed by atoms with Crippen molar-refractivity contribution in [3.05, 3.63) is 0 Å². The predicted molar refractivity (Wildman–Crippen MR) is 19.7 cm³/mol. The molecule has 0 fully saturated rings. The van der Waals surface area contributed by atoms with Crippen LogP contribution in [0.5, 0.6) is 0 Å². The topological polar surface area (TPSA) is 126 Å².